The molecule has 2 aromatic rings. The number of urea groups is 1. The smallest absolute Gasteiger partial charge is 0.315 e. The molecule has 2 amide bonds. The molecule has 4 N–H and O–H groups in total. The molecule has 0 aromatic carbocycles. The minimum absolute atomic E-state index is 0.172. The van der Waals surface area contributed by atoms with E-state index < -0.39 is 5.79 Å². The molecular weight excluding hydrogens is 368 g/mol. The molecule has 0 spiro atoms. The Morgan fingerprint density at radius 1 is 0.828 bits per heavy atom. The largest absolute Gasteiger partial charge is 0.362 e. The Labute approximate surface area is 171 Å². The van der Waals surface area contributed by atoms with E-state index in [9.17, 15) is 4.79 Å². The zero-order valence-electron chi connectivity index (χ0n) is 18.1. The Morgan fingerprint density at radius 3 is 1.59 bits per heavy atom. The number of carbonyl (C=O) groups excluding carboxylic acids is 1. The van der Waals surface area contributed by atoms with Crippen molar-refractivity contribution >= 4 is 6.03 Å². The van der Waals surface area contributed by atoms with Gasteiger partial charge in [0.05, 0.1) is 12.1 Å². The third kappa shape index (κ3) is 4.07. The van der Waals surface area contributed by atoms with Gasteiger partial charge in [-0.15, -0.1) is 0 Å². The lowest BCUT2D eigenvalue weighted by molar-refractivity contribution is -0.150. The minimum atomic E-state index is -0.693. The number of nitrogens with one attached hydrogen (secondary N) is 4. The van der Waals surface area contributed by atoms with Gasteiger partial charge in [0.1, 0.15) is 12.2 Å². The molecule has 2 fully saturated rings. The molecule has 0 bridgehead atoms. The quantitative estimate of drug-likeness (QED) is 0.636. The van der Waals surface area contributed by atoms with Gasteiger partial charge in [-0.25, -0.2) is 4.79 Å². The van der Waals surface area contributed by atoms with Gasteiger partial charge in [-0.05, 0) is 77.6 Å². The van der Waals surface area contributed by atoms with E-state index in [0.717, 1.165) is 22.8 Å². The van der Waals surface area contributed by atoms with Crippen molar-refractivity contribution < 1.29 is 14.3 Å². The van der Waals surface area contributed by atoms with E-state index in [1.165, 1.54) is 11.1 Å². The molecule has 2 saturated heterocycles. The highest BCUT2D eigenvalue weighted by Crippen LogP contribution is 2.35. The molecule has 7 heteroatoms. The predicted octanol–water partition coefficient (Wildman–Crippen LogP) is 2.93. The summed E-state index contributed by atoms with van der Waals surface area (Å²) in [6.07, 6.45) is 0.922. The molecule has 0 saturated carbocycles. The Kier molecular flexibility index (Phi) is 4.99. The number of aromatic amines is 2. The van der Waals surface area contributed by atoms with Gasteiger partial charge in [0, 0.05) is 22.8 Å². The summed E-state index contributed by atoms with van der Waals surface area (Å²) >= 11 is 0. The van der Waals surface area contributed by atoms with E-state index in [-0.39, 0.29) is 30.3 Å². The molecule has 0 aliphatic carbocycles. The average Bonchev–Trinajstić information content (AvgIpc) is 3.18. The van der Waals surface area contributed by atoms with E-state index in [2.05, 4.69) is 46.6 Å². The topological polar surface area (TPSA) is 91.2 Å². The van der Waals surface area contributed by atoms with Crippen LogP contribution in [0.5, 0.6) is 0 Å². The monoisotopic (exact) mass is 400 g/mol. The fourth-order valence-corrected chi connectivity index (χ4v) is 4.78. The number of rotatable bonds is 4. The van der Waals surface area contributed by atoms with Crippen LogP contribution in [0, 0.1) is 27.7 Å². The van der Waals surface area contributed by atoms with Crippen LogP contribution in [-0.4, -0.2) is 46.1 Å². The Bertz CT molecular complexity index is 843. The molecular formula is C22H32N4O3. The van der Waals surface area contributed by atoms with Crippen LogP contribution in [0.2, 0.25) is 0 Å². The summed E-state index contributed by atoms with van der Waals surface area (Å²) in [6, 6.07) is 3.76. The third-order valence-corrected chi connectivity index (χ3v) is 5.98. The number of carbonyl (C=O) groups is 1. The zero-order valence-corrected chi connectivity index (χ0v) is 18.1. The van der Waals surface area contributed by atoms with E-state index in [0.29, 0.717) is 12.8 Å². The van der Waals surface area contributed by atoms with Gasteiger partial charge in [0.2, 0.25) is 0 Å². The van der Waals surface area contributed by atoms with Crippen molar-refractivity contribution in [2.75, 3.05) is 0 Å². The Morgan fingerprint density at radius 2 is 1.24 bits per heavy atom. The highest BCUT2D eigenvalue weighted by molar-refractivity contribution is 5.75. The fraction of sp³-hybridized carbons (Fsp3) is 0.591. The van der Waals surface area contributed by atoms with E-state index >= 15 is 0 Å². The van der Waals surface area contributed by atoms with Crippen molar-refractivity contribution in [1.82, 2.24) is 20.6 Å². The molecule has 7 nitrogen and oxygen atoms in total. The van der Waals surface area contributed by atoms with Crippen molar-refractivity contribution in [3.05, 3.63) is 46.0 Å². The van der Waals surface area contributed by atoms with Gasteiger partial charge in [-0.3, -0.25) is 0 Å². The van der Waals surface area contributed by atoms with Crippen molar-refractivity contribution in [1.29, 1.82) is 0 Å². The first-order valence-electron chi connectivity index (χ1n) is 10.3. The second-order valence-corrected chi connectivity index (χ2v) is 9.01. The molecule has 2 aromatic heterocycles. The predicted molar refractivity (Wildman–Crippen MR) is 111 cm³/mol. The number of hydrogen-bond donors (Lipinski definition) is 4. The maximum atomic E-state index is 12.7. The Balaban J connectivity index is 1.62. The SMILES string of the molecule is Cc1cc(C[C@H]2NC(=O)N[C@H](Cc3cc(C)[nH]c3C)[C@@H]3OC(C)(C)O[C@H]32)c(C)[nH]1. The molecule has 2 aliphatic heterocycles. The maximum Gasteiger partial charge on any atom is 0.315 e. The molecule has 29 heavy (non-hydrogen) atoms. The van der Waals surface area contributed by atoms with Gasteiger partial charge >= 0.3 is 6.03 Å². The van der Waals surface area contributed by atoms with Crippen LogP contribution in [0.1, 0.15) is 47.8 Å². The number of hydrogen-bond acceptors (Lipinski definition) is 3. The maximum absolute atomic E-state index is 12.7. The number of aryl methyl sites for hydroxylation is 4. The normalized spacial score (nSPS) is 28.6. The number of ether oxygens (including phenoxy) is 2. The van der Waals surface area contributed by atoms with Crippen LogP contribution in [-0.2, 0) is 22.3 Å². The number of aromatic nitrogens is 2. The molecule has 4 atom stereocenters. The summed E-state index contributed by atoms with van der Waals surface area (Å²) in [5.74, 6) is -0.693. The number of fused-ring (bicyclic) bond motifs is 1. The summed E-state index contributed by atoms with van der Waals surface area (Å²) in [5.41, 5.74) is 6.86. The molecule has 0 unspecified atom stereocenters. The number of amides is 2. The number of H-pyrrole nitrogens is 2. The van der Waals surface area contributed by atoms with Crippen LogP contribution < -0.4 is 10.6 Å². The van der Waals surface area contributed by atoms with Crippen molar-refractivity contribution in [3.63, 3.8) is 0 Å². The Hall–Kier alpha value is -2.25. The standard InChI is InChI=1S/C22H32N4O3/c1-11-7-15(13(3)23-11)9-17-19-20(29-22(5,6)28-19)18(26-21(27)25-17)10-16-8-12(2)24-14(16)4/h7-8,17-20,23-24H,9-10H2,1-6H3,(H2,25,26,27)/t17-,18-,19+,20+/m1/s1. The molecule has 2 aliphatic rings. The second-order valence-electron chi connectivity index (χ2n) is 9.01. The van der Waals surface area contributed by atoms with Crippen LogP contribution in [0.25, 0.3) is 0 Å². The summed E-state index contributed by atoms with van der Waals surface area (Å²) in [5, 5.41) is 6.26. The summed E-state index contributed by atoms with van der Waals surface area (Å²) in [4.78, 5) is 19.4. The van der Waals surface area contributed by atoms with Crippen LogP contribution in [0.15, 0.2) is 12.1 Å². The molecule has 4 rings (SSSR count). The van der Waals surface area contributed by atoms with Crippen LogP contribution >= 0.6 is 0 Å². The first-order valence-corrected chi connectivity index (χ1v) is 10.3. The van der Waals surface area contributed by atoms with E-state index in [1.807, 2.05) is 27.7 Å². The molecule has 158 valence electrons. The summed E-state index contributed by atoms with van der Waals surface area (Å²) in [6.45, 7) is 12.1. The van der Waals surface area contributed by atoms with Crippen molar-refractivity contribution in [3.8, 4) is 0 Å². The van der Waals surface area contributed by atoms with Crippen molar-refractivity contribution in [2.45, 2.75) is 84.5 Å². The highest BCUT2D eigenvalue weighted by atomic mass is 16.8. The van der Waals surface area contributed by atoms with E-state index in [1.54, 1.807) is 0 Å². The second kappa shape index (κ2) is 7.22. The minimum Gasteiger partial charge on any atom is -0.362 e. The van der Waals surface area contributed by atoms with Crippen LogP contribution in [0.4, 0.5) is 4.79 Å². The highest BCUT2D eigenvalue weighted by Gasteiger charge is 2.51. The molecule has 4 heterocycles. The molecule has 0 radical (unpaired) electrons. The third-order valence-electron chi connectivity index (χ3n) is 5.98. The van der Waals surface area contributed by atoms with Gasteiger partial charge in [-0.2, -0.15) is 0 Å². The van der Waals surface area contributed by atoms with E-state index in [4.69, 9.17) is 9.47 Å². The summed E-state index contributed by atoms with van der Waals surface area (Å²) < 4.78 is 12.6. The van der Waals surface area contributed by atoms with Gasteiger partial charge in [0.15, 0.2) is 5.79 Å². The first kappa shape index (κ1) is 20.0. The summed E-state index contributed by atoms with van der Waals surface area (Å²) in [7, 11) is 0. The van der Waals surface area contributed by atoms with Crippen LogP contribution in [0.3, 0.4) is 0 Å². The lowest BCUT2D eigenvalue weighted by atomic mass is 9.92. The fourth-order valence-electron chi connectivity index (χ4n) is 4.78. The average molecular weight is 401 g/mol. The lowest BCUT2D eigenvalue weighted by Gasteiger charge is -2.26. The lowest BCUT2D eigenvalue weighted by Crippen LogP contribution is -2.47. The van der Waals surface area contributed by atoms with Gasteiger partial charge < -0.3 is 30.1 Å². The zero-order chi connectivity index (χ0) is 20.9. The van der Waals surface area contributed by atoms with Crippen molar-refractivity contribution in [2.24, 2.45) is 0 Å². The first-order chi connectivity index (χ1) is 13.6. The van der Waals surface area contributed by atoms with Gasteiger partial charge in [0.25, 0.3) is 0 Å². The van der Waals surface area contributed by atoms with Gasteiger partial charge in [-0.1, -0.05) is 0 Å².